The molecule has 3 rings (SSSR count). The van der Waals surface area contributed by atoms with Gasteiger partial charge in [-0.05, 0) is 43.7 Å². The summed E-state index contributed by atoms with van der Waals surface area (Å²) in [6, 6.07) is 15.2. The molecular weight excluding hydrogens is 346 g/mol. The van der Waals surface area contributed by atoms with Crippen molar-refractivity contribution >= 4 is 40.2 Å². The monoisotopic (exact) mass is 363 g/mol. The fourth-order valence-corrected chi connectivity index (χ4v) is 3.06. The normalized spacial score (nSPS) is 11.4. The van der Waals surface area contributed by atoms with Crippen molar-refractivity contribution in [2.45, 2.75) is 20.4 Å². The van der Waals surface area contributed by atoms with Crippen molar-refractivity contribution in [3.63, 3.8) is 0 Å². The number of nitriles is 1. The first kappa shape index (κ1) is 17.8. The Kier molecular flexibility index (Phi) is 5.11. The molecule has 130 valence electrons. The van der Waals surface area contributed by atoms with E-state index in [4.69, 9.17) is 11.6 Å². The molecule has 4 nitrogen and oxygen atoms in total. The molecule has 26 heavy (non-hydrogen) atoms. The van der Waals surface area contributed by atoms with Gasteiger partial charge in [-0.15, -0.1) is 0 Å². The Balaban J connectivity index is 1.97. The van der Waals surface area contributed by atoms with Crippen LogP contribution in [0.1, 0.15) is 18.1 Å². The third-order valence-corrected chi connectivity index (χ3v) is 4.75. The number of fused-ring (bicyclic) bond motifs is 1. The number of hydrogen-bond donors (Lipinski definition) is 1. The Morgan fingerprint density at radius 3 is 2.77 bits per heavy atom. The van der Waals surface area contributed by atoms with Gasteiger partial charge in [0, 0.05) is 39.9 Å². The largest absolute Gasteiger partial charge is 0.347 e. The molecule has 0 aliphatic carbocycles. The van der Waals surface area contributed by atoms with Gasteiger partial charge in [-0.2, -0.15) is 5.26 Å². The van der Waals surface area contributed by atoms with Crippen LogP contribution in [0.5, 0.6) is 0 Å². The minimum Gasteiger partial charge on any atom is -0.347 e. The Morgan fingerprint density at radius 1 is 1.27 bits per heavy atom. The third kappa shape index (κ3) is 3.35. The summed E-state index contributed by atoms with van der Waals surface area (Å²) in [5.74, 6) is -0.453. The van der Waals surface area contributed by atoms with E-state index in [2.05, 4.69) is 16.8 Å². The fraction of sp³-hybridized carbons (Fsp3) is 0.143. The zero-order valence-corrected chi connectivity index (χ0v) is 15.3. The molecule has 0 aliphatic rings. The average molecular weight is 364 g/mol. The zero-order valence-electron chi connectivity index (χ0n) is 14.6. The van der Waals surface area contributed by atoms with E-state index in [1.807, 2.05) is 43.5 Å². The highest BCUT2D eigenvalue weighted by molar-refractivity contribution is 6.31. The van der Waals surface area contributed by atoms with Gasteiger partial charge in [0.2, 0.25) is 0 Å². The second-order valence-electron chi connectivity index (χ2n) is 5.92. The first-order valence-electron chi connectivity index (χ1n) is 8.31. The minimum atomic E-state index is -0.453. The van der Waals surface area contributed by atoms with Gasteiger partial charge in [-0.3, -0.25) is 4.79 Å². The Morgan fingerprint density at radius 2 is 2.04 bits per heavy atom. The molecule has 1 amide bonds. The summed E-state index contributed by atoms with van der Waals surface area (Å²) >= 11 is 6.09. The highest BCUT2D eigenvalue weighted by atomic mass is 35.5. The van der Waals surface area contributed by atoms with Crippen molar-refractivity contribution in [1.82, 2.24) is 4.57 Å². The molecule has 0 unspecified atom stereocenters. The molecule has 0 saturated carbocycles. The molecule has 3 aromatic rings. The summed E-state index contributed by atoms with van der Waals surface area (Å²) in [6.45, 7) is 4.69. The number of carbonyl (C=O) groups excluding carboxylic acids is 1. The van der Waals surface area contributed by atoms with Crippen LogP contribution in [0, 0.1) is 18.3 Å². The van der Waals surface area contributed by atoms with Crippen LogP contribution in [0.4, 0.5) is 5.69 Å². The van der Waals surface area contributed by atoms with E-state index in [-0.39, 0.29) is 5.57 Å². The molecule has 0 radical (unpaired) electrons. The first-order valence-corrected chi connectivity index (χ1v) is 8.69. The van der Waals surface area contributed by atoms with E-state index in [1.54, 1.807) is 24.3 Å². The predicted molar refractivity (Wildman–Crippen MR) is 106 cm³/mol. The van der Waals surface area contributed by atoms with Crippen LogP contribution in [0.25, 0.3) is 17.0 Å². The zero-order chi connectivity index (χ0) is 18.7. The second kappa shape index (κ2) is 7.47. The van der Waals surface area contributed by atoms with Crippen LogP contribution >= 0.6 is 11.6 Å². The van der Waals surface area contributed by atoms with Gasteiger partial charge in [0.05, 0.1) is 0 Å². The molecule has 1 aromatic heterocycles. The second-order valence-corrected chi connectivity index (χ2v) is 6.33. The first-order chi connectivity index (χ1) is 12.5. The number of anilines is 1. The van der Waals surface area contributed by atoms with Crippen molar-refractivity contribution < 1.29 is 4.79 Å². The maximum Gasteiger partial charge on any atom is 0.266 e. The van der Waals surface area contributed by atoms with Gasteiger partial charge in [0.1, 0.15) is 11.6 Å². The molecule has 0 atom stereocenters. The van der Waals surface area contributed by atoms with E-state index in [1.165, 1.54) is 0 Å². The summed E-state index contributed by atoms with van der Waals surface area (Å²) in [7, 11) is 0. The van der Waals surface area contributed by atoms with Crippen LogP contribution in [0.15, 0.2) is 54.2 Å². The smallest absolute Gasteiger partial charge is 0.266 e. The van der Waals surface area contributed by atoms with Crippen LogP contribution in [0.2, 0.25) is 5.02 Å². The standard InChI is InChI=1S/C21H18ClN3O/c1-3-25-13-16(17-7-4-5-10-20(17)25)11-15(12-23)21(26)24-19-9-6-8-18(22)14(19)2/h4-11,13H,3H2,1-2H3,(H,24,26)/b15-11-. The van der Waals surface area contributed by atoms with Gasteiger partial charge < -0.3 is 9.88 Å². The predicted octanol–water partition coefficient (Wildman–Crippen LogP) is 5.17. The number of nitrogens with one attached hydrogen (secondary N) is 1. The number of carbonyl (C=O) groups is 1. The summed E-state index contributed by atoms with van der Waals surface area (Å²) in [5, 5.41) is 13.8. The number of rotatable bonds is 4. The van der Waals surface area contributed by atoms with E-state index < -0.39 is 5.91 Å². The van der Waals surface area contributed by atoms with Gasteiger partial charge in [0.25, 0.3) is 5.91 Å². The van der Waals surface area contributed by atoms with Crippen LogP contribution in [-0.4, -0.2) is 10.5 Å². The lowest BCUT2D eigenvalue weighted by molar-refractivity contribution is -0.112. The lowest BCUT2D eigenvalue weighted by atomic mass is 10.1. The number of hydrogen-bond acceptors (Lipinski definition) is 2. The number of halogens is 1. The molecule has 0 bridgehead atoms. The lowest BCUT2D eigenvalue weighted by Crippen LogP contribution is -2.14. The van der Waals surface area contributed by atoms with Gasteiger partial charge in [-0.25, -0.2) is 0 Å². The quantitative estimate of drug-likeness (QED) is 0.513. The number of amides is 1. The van der Waals surface area contributed by atoms with Crippen molar-refractivity contribution in [1.29, 1.82) is 5.26 Å². The third-order valence-electron chi connectivity index (χ3n) is 4.34. The fourth-order valence-electron chi connectivity index (χ4n) is 2.89. The van der Waals surface area contributed by atoms with E-state index in [0.717, 1.165) is 28.6 Å². The van der Waals surface area contributed by atoms with E-state index >= 15 is 0 Å². The Hall–Kier alpha value is -3.03. The molecule has 0 fully saturated rings. The summed E-state index contributed by atoms with van der Waals surface area (Å²) < 4.78 is 2.09. The number of aryl methyl sites for hydroxylation is 1. The lowest BCUT2D eigenvalue weighted by Gasteiger charge is -2.08. The Bertz CT molecular complexity index is 1060. The number of nitrogens with zero attached hydrogens (tertiary/aromatic N) is 2. The molecule has 1 N–H and O–H groups in total. The summed E-state index contributed by atoms with van der Waals surface area (Å²) in [6.07, 6.45) is 3.59. The van der Waals surface area contributed by atoms with Gasteiger partial charge in [0.15, 0.2) is 0 Å². The van der Waals surface area contributed by atoms with Crippen molar-refractivity contribution in [2.24, 2.45) is 0 Å². The average Bonchev–Trinajstić information content (AvgIpc) is 3.01. The SMILES string of the molecule is CCn1cc(/C=C(/C#N)C(=O)Nc2cccc(Cl)c2C)c2ccccc21. The maximum atomic E-state index is 12.6. The summed E-state index contributed by atoms with van der Waals surface area (Å²) in [4.78, 5) is 12.6. The van der Waals surface area contributed by atoms with E-state index in [0.29, 0.717) is 10.7 Å². The number of para-hydroxylation sites is 1. The van der Waals surface area contributed by atoms with E-state index in [9.17, 15) is 10.1 Å². The highest BCUT2D eigenvalue weighted by Crippen LogP contribution is 2.25. The number of aromatic nitrogens is 1. The number of benzene rings is 2. The van der Waals surface area contributed by atoms with Crippen LogP contribution in [-0.2, 0) is 11.3 Å². The van der Waals surface area contributed by atoms with Crippen LogP contribution < -0.4 is 5.32 Å². The van der Waals surface area contributed by atoms with Gasteiger partial charge >= 0.3 is 0 Å². The Labute approximate surface area is 157 Å². The molecule has 0 aliphatic heterocycles. The summed E-state index contributed by atoms with van der Waals surface area (Å²) in [5.41, 5.74) is 3.33. The molecule has 0 saturated heterocycles. The molecule has 1 heterocycles. The molecule has 5 heteroatoms. The van der Waals surface area contributed by atoms with Crippen molar-refractivity contribution in [3.05, 3.63) is 70.4 Å². The van der Waals surface area contributed by atoms with Crippen molar-refractivity contribution in [3.8, 4) is 6.07 Å². The highest BCUT2D eigenvalue weighted by Gasteiger charge is 2.14. The van der Waals surface area contributed by atoms with Gasteiger partial charge in [-0.1, -0.05) is 35.9 Å². The minimum absolute atomic E-state index is 0.0448. The van der Waals surface area contributed by atoms with Crippen LogP contribution in [0.3, 0.4) is 0 Å². The topological polar surface area (TPSA) is 57.8 Å². The molecular formula is C21H18ClN3O. The van der Waals surface area contributed by atoms with Crippen molar-refractivity contribution in [2.75, 3.05) is 5.32 Å². The molecule has 2 aromatic carbocycles. The molecule has 0 spiro atoms. The maximum absolute atomic E-state index is 12.6.